The Morgan fingerprint density at radius 3 is 3.00 bits per heavy atom. The zero-order valence-electron chi connectivity index (χ0n) is 10.9. The van der Waals surface area contributed by atoms with Gasteiger partial charge in [-0.2, -0.15) is 0 Å². The number of hydrogen-bond donors (Lipinski definition) is 1. The van der Waals surface area contributed by atoms with Gasteiger partial charge >= 0.3 is 0 Å². The fraction of sp³-hybridized carbons (Fsp3) is 0.636. The van der Waals surface area contributed by atoms with Gasteiger partial charge in [-0.25, -0.2) is 9.98 Å². The van der Waals surface area contributed by atoms with Crippen LogP contribution in [0.2, 0.25) is 0 Å². The molecule has 0 aliphatic carbocycles. The highest BCUT2D eigenvalue weighted by molar-refractivity contribution is 14.0. The smallest absolute Gasteiger partial charge is 0.191 e. The highest BCUT2D eigenvalue weighted by Gasteiger charge is 2.12. The molecule has 1 aliphatic rings. The maximum absolute atomic E-state index is 5.93. The quantitative estimate of drug-likeness (QED) is 0.467. The molecule has 108 valence electrons. The van der Waals surface area contributed by atoms with E-state index in [1.807, 2.05) is 10.3 Å². The predicted octanol–water partition coefficient (Wildman–Crippen LogP) is 1.05. The minimum atomic E-state index is 0. The summed E-state index contributed by atoms with van der Waals surface area (Å²) in [6.07, 6.45) is 0. The van der Waals surface area contributed by atoms with Crippen molar-refractivity contribution in [3.05, 3.63) is 16.1 Å². The molecule has 1 aromatic rings. The van der Waals surface area contributed by atoms with Gasteiger partial charge in [-0.1, -0.05) is 0 Å². The number of rotatable bonds is 4. The fourth-order valence-corrected chi connectivity index (χ4v) is 2.42. The van der Waals surface area contributed by atoms with Crippen molar-refractivity contribution in [2.75, 3.05) is 33.4 Å². The second kappa shape index (κ2) is 8.67. The second-order valence-electron chi connectivity index (χ2n) is 3.94. The van der Waals surface area contributed by atoms with Crippen LogP contribution in [0.25, 0.3) is 0 Å². The summed E-state index contributed by atoms with van der Waals surface area (Å²) < 4.78 is 10.3. The van der Waals surface area contributed by atoms with Gasteiger partial charge in [0.2, 0.25) is 0 Å². The van der Waals surface area contributed by atoms with Crippen LogP contribution < -0.4 is 5.73 Å². The van der Waals surface area contributed by atoms with Gasteiger partial charge in [0.1, 0.15) is 5.01 Å². The molecule has 1 fully saturated rings. The molecule has 0 saturated carbocycles. The Labute approximate surface area is 134 Å². The zero-order valence-corrected chi connectivity index (χ0v) is 14.0. The van der Waals surface area contributed by atoms with E-state index in [4.69, 9.17) is 15.2 Å². The van der Waals surface area contributed by atoms with Crippen molar-refractivity contribution in [1.29, 1.82) is 0 Å². The van der Waals surface area contributed by atoms with Gasteiger partial charge in [0.25, 0.3) is 0 Å². The van der Waals surface area contributed by atoms with Gasteiger partial charge in [0.15, 0.2) is 5.96 Å². The first-order valence-electron chi connectivity index (χ1n) is 5.84. The summed E-state index contributed by atoms with van der Waals surface area (Å²) in [5.74, 6) is 0.569. The molecule has 19 heavy (non-hydrogen) atoms. The van der Waals surface area contributed by atoms with E-state index >= 15 is 0 Å². The number of ether oxygens (including phenoxy) is 2. The minimum Gasteiger partial charge on any atom is -0.378 e. The van der Waals surface area contributed by atoms with Crippen LogP contribution >= 0.6 is 35.3 Å². The molecule has 0 unspecified atom stereocenters. The Balaban J connectivity index is 0.00000180. The summed E-state index contributed by atoms with van der Waals surface area (Å²) in [4.78, 5) is 10.8. The number of nitrogens with zero attached hydrogens (tertiary/aromatic N) is 3. The molecule has 8 heteroatoms. The van der Waals surface area contributed by atoms with Crippen LogP contribution in [0.1, 0.15) is 10.7 Å². The second-order valence-corrected chi connectivity index (χ2v) is 4.88. The van der Waals surface area contributed by atoms with Crippen molar-refractivity contribution in [3.63, 3.8) is 0 Å². The van der Waals surface area contributed by atoms with Gasteiger partial charge in [-0.15, -0.1) is 35.3 Å². The standard InChI is InChI=1S/C11H18N4O2S.HI/c1-16-7-10-14-9(8-18-10)6-13-11(12)15-2-4-17-5-3-15;/h8H,2-7H2,1H3,(H2,12,13);1H. The number of halogens is 1. The number of thiazole rings is 1. The third-order valence-electron chi connectivity index (χ3n) is 2.61. The Hall–Kier alpha value is -0.450. The maximum atomic E-state index is 5.93. The van der Waals surface area contributed by atoms with E-state index in [0.717, 1.165) is 23.8 Å². The lowest BCUT2D eigenvalue weighted by molar-refractivity contribution is 0.0674. The molecule has 0 amide bonds. The van der Waals surface area contributed by atoms with Crippen molar-refractivity contribution >= 4 is 41.3 Å². The number of guanidine groups is 1. The molecule has 2 rings (SSSR count). The van der Waals surface area contributed by atoms with E-state index in [9.17, 15) is 0 Å². The zero-order chi connectivity index (χ0) is 12.8. The number of aliphatic imine (C=N–C) groups is 1. The van der Waals surface area contributed by atoms with Crippen molar-refractivity contribution in [2.45, 2.75) is 13.2 Å². The lowest BCUT2D eigenvalue weighted by atomic mass is 10.4. The van der Waals surface area contributed by atoms with E-state index in [0.29, 0.717) is 32.3 Å². The predicted molar refractivity (Wildman–Crippen MR) is 86.0 cm³/mol. The van der Waals surface area contributed by atoms with Crippen LogP contribution in [-0.4, -0.2) is 49.3 Å². The first-order valence-corrected chi connectivity index (χ1v) is 6.72. The molecule has 1 aliphatic heterocycles. The van der Waals surface area contributed by atoms with E-state index < -0.39 is 0 Å². The molecule has 2 N–H and O–H groups in total. The Morgan fingerprint density at radius 1 is 1.58 bits per heavy atom. The van der Waals surface area contributed by atoms with Crippen molar-refractivity contribution in [3.8, 4) is 0 Å². The lowest BCUT2D eigenvalue weighted by Gasteiger charge is -2.27. The minimum absolute atomic E-state index is 0. The summed E-state index contributed by atoms with van der Waals surface area (Å²) in [7, 11) is 1.66. The molecule has 0 radical (unpaired) electrons. The van der Waals surface area contributed by atoms with E-state index in [1.165, 1.54) is 0 Å². The summed E-state index contributed by atoms with van der Waals surface area (Å²) in [6.45, 7) is 4.11. The first-order chi connectivity index (χ1) is 8.79. The van der Waals surface area contributed by atoms with Crippen LogP contribution in [0.3, 0.4) is 0 Å². The Kier molecular flexibility index (Phi) is 7.57. The molecule has 1 aromatic heterocycles. The van der Waals surface area contributed by atoms with Crippen molar-refractivity contribution in [1.82, 2.24) is 9.88 Å². The third-order valence-corrected chi connectivity index (χ3v) is 3.48. The summed E-state index contributed by atoms with van der Waals surface area (Å²) in [5, 5.41) is 2.96. The molecular formula is C11H19IN4O2S. The van der Waals surface area contributed by atoms with Crippen LogP contribution in [0, 0.1) is 0 Å². The highest BCUT2D eigenvalue weighted by Crippen LogP contribution is 2.11. The molecule has 0 spiro atoms. The molecule has 0 bridgehead atoms. The van der Waals surface area contributed by atoms with Gasteiger partial charge in [-0.3, -0.25) is 0 Å². The van der Waals surface area contributed by atoms with E-state index in [2.05, 4.69) is 9.98 Å². The SMILES string of the molecule is COCc1nc(CN=C(N)N2CCOCC2)cs1.I. The van der Waals surface area contributed by atoms with Crippen LogP contribution in [0.5, 0.6) is 0 Å². The fourth-order valence-electron chi connectivity index (χ4n) is 1.67. The third kappa shape index (κ3) is 5.21. The van der Waals surface area contributed by atoms with Crippen LogP contribution in [-0.2, 0) is 22.6 Å². The molecule has 0 aromatic carbocycles. The monoisotopic (exact) mass is 398 g/mol. The molecular weight excluding hydrogens is 379 g/mol. The number of aromatic nitrogens is 1. The van der Waals surface area contributed by atoms with Crippen LogP contribution in [0.4, 0.5) is 0 Å². The van der Waals surface area contributed by atoms with Gasteiger partial charge < -0.3 is 20.1 Å². The Bertz CT molecular complexity index is 407. The number of morpholine rings is 1. The molecule has 6 nitrogen and oxygen atoms in total. The normalized spacial score (nSPS) is 16.3. The number of nitrogens with two attached hydrogens (primary N) is 1. The summed E-state index contributed by atoms with van der Waals surface area (Å²) in [5.41, 5.74) is 6.87. The van der Waals surface area contributed by atoms with Crippen molar-refractivity contribution in [2.24, 2.45) is 10.7 Å². The molecule has 2 heterocycles. The summed E-state index contributed by atoms with van der Waals surface area (Å²) in [6, 6.07) is 0. The number of hydrogen-bond acceptors (Lipinski definition) is 5. The average Bonchev–Trinajstić information content (AvgIpc) is 2.85. The van der Waals surface area contributed by atoms with Crippen LogP contribution in [0.15, 0.2) is 10.4 Å². The van der Waals surface area contributed by atoms with Gasteiger partial charge in [0, 0.05) is 25.6 Å². The van der Waals surface area contributed by atoms with Gasteiger partial charge in [0.05, 0.1) is 32.1 Å². The Morgan fingerprint density at radius 2 is 2.32 bits per heavy atom. The first kappa shape index (κ1) is 16.6. The van der Waals surface area contributed by atoms with Gasteiger partial charge in [-0.05, 0) is 0 Å². The lowest BCUT2D eigenvalue weighted by Crippen LogP contribution is -2.44. The maximum Gasteiger partial charge on any atom is 0.191 e. The molecule has 0 atom stereocenters. The van der Waals surface area contributed by atoms with E-state index in [-0.39, 0.29) is 24.0 Å². The van der Waals surface area contributed by atoms with Crippen molar-refractivity contribution < 1.29 is 9.47 Å². The number of methoxy groups -OCH3 is 1. The topological polar surface area (TPSA) is 73.0 Å². The van der Waals surface area contributed by atoms with E-state index in [1.54, 1.807) is 18.4 Å². The average molecular weight is 398 g/mol. The molecule has 1 saturated heterocycles. The largest absolute Gasteiger partial charge is 0.378 e. The highest BCUT2D eigenvalue weighted by atomic mass is 127. The summed E-state index contributed by atoms with van der Waals surface area (Å²) >= 11 is 1.58.